The molecule has 0 saturated carbocycles. The van der Waals surface area contributed by atoms with E-state index in [0.717, 1.165) is 35.7 Å². The van der Waals surface area contributed by atoms with E-state index in [1.54, 1.807) is 13.2 Å². The van der Waals surface area contributed by atoms with Gasteiger partial charge < -0.3 is 15.0 Å². The third-order valence-electron chi connectivity index (χ3n) is 5.47. The lowest BCUT2D eigenvalue weighted by Crippen LogP contribution is -2.42. The predicted molar refractivity (Wildman–Crippen MR) is 121 cm³/mol. The molecule has 2 aromatic carbocycles. The lowest BCUT2D eigenvalue weighted by Gasteiger charge is -2.35. The summed E-state index contributed by atoms with van der Waals surface area (Å²) in [6, 6.07) is 13.2. The Balaban J connectivity index is 1.55. The Kier molecular flexibility index (Phi) is 5.86. The van der Waals surface area contributed by atoms with Crippen molar-refractivity contribution in [1.29, 1.82) is 0 Å². The number of hydrogen-bond acceptors (Lipinski definition) is 4. The van der Waals surface area contributed by atoms with Crippen LogP contribution in [0.4, 0.5) is 5.69 Å². The topological polar surface area (TPSA) is 58.6 Å². The fourth-order valence-corrected chi connectivity index (χ4v) is 5.12. The number of hydrogen-bond donors (Lipinski definition) is 1. The van der Waals surface area contributed by atoms with Crippen LogP contribution >= 0.6 is 11.8 Å². The van der Waals surface area contributed by atoms with Gasteiger partial charge >= 0.3 is 0 Å². The highest BCUT2D eigenvalue weighted by atomic mass is 32.2. The first-order chi connectivity index (χ1) is 14.4. The van der Waals surface area contributed by atoms with Gasteiger partial charge in [0.2, 0.25) is 0 Å². The molecule has 2 aliphatic heterocycles. The molecule has 5 nitrogen and oxygen atoms in total. The van der Waals surface area contributed by atoms with Gasteiger partial charge in [-0.15, -0.1) is 0 Å². The van der Waals surface area contributed by atoms with Crippen LogP contribution in [0.2, 0.25) is 0 Å². The fraction of sp³-hybridized carbons (Fsp3) is 0.333. The average molecular weight is 423 g/mol. The van der Waals surface area contributed by atoms with E-state index in [-0.39, 0.29) is 11.8 Å². The summed E-state index contributed by atoms with van der Waals surface area (Å²) in [5.74, 6) is 1.63. The van der Waals surface area contributed by atoms with Crippen molar-refractivity contribution in [3.63, 3.8) is 0 Å². The molecule has 2 heterocycles. The number of nitrogens with one attached hydrogen (secondary N) is 1. The number of amides is 2. The molecule has 2 atom stereocenters. The molecule has 156 valence electrons. The molecule has 2 amide bonds. The molecular weight excluding hydrogens is 396 g/mol. The van der Waals surface area contributed by atoms with Crippen LogP contribution in [0.1, 0.15) is 36.2 Å². The zero-order valence-electron chi connectivity index (χ0n) is 17.5. The molecule has 0 aromatic heterocycles. The summed E-state index contributed by atoms with van der Waals surface area (Å²) >= 11 is 1.41. The molecule has 30 heavy (non-hydrogen) atoms. The number of anilines is 1. The molecule has 4 rings (SSSR count). The van der Waals surface area contributed by atoms with Gasteiger partial charge in [-0.2, -0.15) is 0 Å². The molecule has 2 aliphatic rings. The van der Waals surface area contributed by atoms with Crippen molar-refractivity contribution in [3.05, 3.63) is 58.5 Å². The fourth-order valence-electron chi connectivity index (χ4n) is 4.19. The Bertz CT molecular complexity index is 1010. The minimum Gasteiger partial charge on any atom is -0.497 e. The van der Waals surface area contributed by atoms with E-state index < -0.39 is 0 Å². The average Bonchev–Trinajstić information content (AvgIpc) is 2.73. The smallest absolute Gasteiger partial charge is 0.262 e. The maximum Gasteiger partial charge on any atom is 0.262 e. The largest absolute Gasteiger partial charge is 0.497 e. The number of carbonyl (C=O) groups excluding carboxylic acids is 2. The number of likely N-dealkylation sites (tertiary alicyclic amines) is 1. The van der Waals surface area contributed by atoms with Crippen LogP contribution in [-0.2, 0) is 4.79 Å². The first kappa shape index (κ1) is 20.5. The van der Waals surface area contributed by atoms with Gasteiger partial charge in [0, 0.05) is 23.5 Å². The van der Waals surface area contributed by atoms with E-state index >= 15 is 0 Å². The number of benzene rings is 2. The van der Waals surface area contributed by atoms with E-state index in [1.807, 2.05) is 47.4 Å². The summed E-state index contributed by atoms with van der Waals surface area (Å²) in [7, 11) is 1.62. The zero-order chi connectivity index (χ0) is 21.3. The Morgan fingerprint density at radius 3 is 2.67 bits per heavy atom. The summed E-state index contributed by atoms with van der Waals surface area (Å²) in [6.07, 6.45) is 3.00. The molecule has 2 aromatic rings. The molecule has 1 N–H and O–H groups in total. The van der Waals surface area contributed by atoms with Gasteiger partial charge in [-0.05, 0) is 60.2 Å². The summed E-state index contributed by atoms with van der Waals surface area (Å²) in [4.78, 5) is 29.1. The molecule has 0 bridgehead atoms. The quantitative estimate of drug-likeness (QED) is 0.715. The molecule has 1 fully saturated rings. The molecule has 1 saturated heterocycles. The predicted octanol–water partition coefficient (Wildman–Crippen LogP) is 4.90. The van der Waals surface area contributed by atoms with Gasteiger partial charge in [-0.3, -0.25) is 9.59 Å². The molecule has 0 radical (unpaired) electrons. The second kappa shape index (κ2) is 8.56. The number of fused-ring (bicyclic) bond motifs is 1. The Labute approximate surface area is 181 Å². The number of piperidine rings is 1. The number of ether oxygens (including phenoxy) is 1. The minimum atomic E-state index is -0.167. The van der Waals surface area contributed by atoms with E-state index in [9.17, 15) is 9.59 Å². The van der Waals surface area contributed by atoms with Gasteiger partial charge in [0.05, 0.1) is 17.7 Å². The normalized spacial score (nSPS) is 22.4. The summed E-state index contributed by atoms with van der Waals surface area (Å²) in [5.41, 5.74) is 2.21. The Morgan fingerprint density at radius 2 is 1.93 bits per heavy atom. The second-order valence-electron chi connectivity index (χ2n) is 8.21. The number of thioether (sulfide) groups is 1. The Hall–Kier alpha value is -2.73. The zero-order valence-corrected chi connectivity index (χ0v) is 18.3. The molecule has 0 unspecified atom stereocenters. The third-order valence-corrected chi connectivity index (χ3v) is 6.57. The van der Waals surface area contributed by atoms with Crippen LogP contribution < -0.4 is 10.1 Å². The van der Waals surface area contributed by atoms with Gasteiger partial charge in [0.25, 0.3) is 11.8 Å². The number of carbonyl (C=O) groups is 2. The lowest BCUT2D eigenvalue weighted by atomic mass is 9.91. The summed E-state index contributed by atoms with van der Waals surface area (Å²) in [6.45, 7) is 5.95. The highest BCUT2D eigenvalue weighted by Gasteiger charge is 2.28. The van der Waals surface area contributed by atoms with Crippen LogP contribution in [0.3, 0.4) is 0 Å². The van der Waals surface area contributed by atoms with E-state index in [4.69, 9.17) is 4.74 Å². The van der Waals surface area contributed by atoms with Gasteiger partial charge in [0.15, 0.2) is 0 Å². The SMILES string of the molecule is COc1cccc(/C=C2/Sc3ccc(C(=O)N4C[C@H](C)C[C@H](C)C4)cc3NC2=O)c1. The number of rotatable bonds is 3. The van der Waals surface area contributed by atoms with Crippen molar-refractivity contribution in [2.75, 3.05) is 25.5 Å². The molecule has 0 spiro atoms. The maximum absolute atomic E-state index is 13.0. The highest BCUT2D eigenvalue weighted by molar-refractivity contribution is 8.04. The van der Waals surface area contributed by atoms with Crippen LogP contribution in [-0.4, -0.2) is 36.9 Å². The van der Waals surface area contributed by atoms with Gasteiger partial charge in [-0.1, -0.05) is 37.7 Å². The summed E-state index contributed by atoms with van der Waals surface area (Å²) in [5, 5.41) is 2.94. The third kappa shape index (κ3) is 4.38. The van der Waals surface area contributed by atoms with Crippen molar-refractivity contribution in [2.24, 2.45) is 11.8 Å². The van der Waals surface area contributed by atoms with E-state index in [0.29, 0.717) is 28.0 Å². The van der Waals surface area contributed by atoms with Crippen molar-refractivity contribution in [1.82, 2.24) is 4.90 Å². The molecule has 6 heteroatoms. The summed E-state index contributed by atoms with van der Waals surface area (Å²) < 4.78 is 5.25. The van der Waals surface area contributed by atoms with Crippen molar-refractivity contribution in [2.45, 2.75) is 25.2 Å². The van der Waals surface area contributed by atoms with Crippen LogP contribution in [0.25, 0.3) is 6.08 Å². The first-order valence-electron chi connectivity index (χ1n) is 10.2. The van der Waals surface area contributed by atoms with Crippen molar-refractivity contribution < 1.29 is 14.3 Å². The Morgan fingerprint density at radius 1 is 1.17 bits per heavy atom. The molecule has 0 aliphatic carbocycles. The molecular formula is C24H26N2O3S. The van der Waals surface area contributed by atoms with E-state index in [2.05, 4.69) is 19.2 Å². The van der Waals surface area contributed by atoms with Crippen LogP contribution in [0.5, 0.6) is 5.75 Å². The van der Waals surface area contributed by atoms with Crippen LogP contribution in [0.15, 0.2) is 52.3 Å². The van der Waals surface area contributed by atoms with Crippen molar-refractivity contribution in [3.8, 4) is 5.75 Å². The standard InChI is InChI=1S/C24H26N2O3S/c1-15-9-16(2)14-26(13-15)24(28)18-7-8-21-20(12-18)25-23(27)22(30-21)11-17-5-4-6-19(10-17)29-3/h4-8,10-12,15-16H,9,13-14H2,1-3H3,(H,25,27)/b22-11+/t15-,16+. The van der Waals surface area contributed by atoms with Crippen LogP contribution in [0, 0.1) is 11.8 Å². The first-order valence-corrected chi connectivity index (χ1v) is 11.0. The number of nitrogens with zero attached hydrogens (tertiary/aromatic N) is 1. The lowest BCUT2D eigenvalue weighted by molar-refractivity contribution is -0.112. The van der Waals surface area contributed by atoms with E-state index in [1.165, 1.54) is 11.8 Å². The van der Waals surface area contributed by atoms with Gasteiger partial charge in [-0.25, -0.2) is 0 Å². The maximum atomic E-state index is 13.0. The second-order valence-corrected chi connectivity index (χ2v) is 9.29. The minimum absolute atomic E-state index is 0.0353. The van der Waals surface area contributed by atoms with Gasteiger partial charge in [0.1, 0.15) is 5.75 Å². The van der Waals surface area contributed by atoms with Crippen molar-refractivity contribution >= 4 is 35.3 Å². The highest BCUT2D eigenvalue weighted by Crippen LogP contribution is 2.39. The monoisotopic (exact) mass is 422 g/mol. The number of methoxy groups -OCH3 is 1.